The van der Waals surface area contributed by atoms with E-state index in [1.165, 1.54) is 19.1 Å². The molecule has 0 heterocycles. The van der Waals surface area contributed by atoms with Crippen LogP contribution < -0.4 is 5.32 Å². The summed E-state index contributed by atoms with van der Waals surface area (Å²) in [5.41, 5.74) is 0.766. The summed E-state index contributed by atoms with van der Waals surface area (Å²) in [4.78, 5) is 21.2. The van der Waals surface area contributed by atoms with E-state index in [1.54, 1.807) is 0 Å². The maximum absolute atomic E-state index is 13.0. The van der Waals surface area contributed by atoms with Crippen LogP contribution in [0.25, 0.3) is 0 Å². The molecule has 0 fully saturated rings. The molecule has 18 heavy (non-hydrogen) atoms. The number of carbonyl (C=O) groups is 2. The van der Waals surface area contributed by atoms with Crippen LogP contribution in [0.15, 0.2) is 18.2 Å². The Morgan fingerprint density at radius 1 is 1.44 bits per heavy atom. The number of halogens is 1. The van der Waals surface area contributed by atoms with Gasteiger partial charge in [0, 0.05) is 12.5 Å². The van der Waals surface area contributed by atoms with E-state index >= 15 is 0 Å². The van der Waals surface area contributed by atoms with E-state index < -0.39 is 11.8 Å². The van der Waals surface area contributed by atoms with Gasteiger partial charge in [0.1, 0.15) is 5.82 Å². The molecule has 1 aromatic carbocycles. The van der Waals surface area contributed by atoms with Crippen molar-refractivity contribution in [2.45, 2.75) is 13.3 Å². The van der Waals surface area contributed by atoms with Gasteiger partial charge in [-0.25, -0.2) is 4.39 Å². The Hall–Kier alpha value is -2.35. The van der Waals surface area contributed by atoms with Crippen LogP contribution in [-0.2, 0) is 16.0 Å². The summed E-state index contributed by atoms with van der Waals surface area (Å²) in [5, 5.41) is 11.2. The molecule has 0 aromatic heterocycles. The van der Waals surface area contributed by atoms with Gasteiger partial charge in [-0.15, -0.1) is 0 Å². The lowest BCUT2D eigenvalue weighted by Crippen LogP contribution is -2.19. The standard InChI is InChI=1S/C13H12FNO3/c1-9(16)15-6-2-3-10-4-5-12(14)7-11(10)8-13(17)18/h4-5,7H,6,8H2,1H3,(H,15,16)(H,17,18). The molecule has 4 nitrogen and oxygen atoms in total. The third-order valence-electron chi connectivity index (χ3n) is 2.06. The molecule has 1 aromatic rings. The van der Waals surface area contributed by atoms with Crippen molar-refractivity contribution in [2.24, 2.45) is 0 Å². The number of carboxylic acids is 1. The Kier molecular flexibility index (Phi) is 4.88. The van der Waals surface area contributed by atoms with E-state index in [0.29, 0.717) is 11.1 Å². The van der Waals surface area contributed by atoms with Crippen molar-refractivity contribution in [3.63, 3.8) is 0 Å². The number of carbonyl (C=O) groups excluding carboxylic acids is 1. The normalized spacial score (nSPS) is 9.22. The van der Waals surface area contributed by atoms with Crippen LogP contribution in [-0.4, -0.2) is 23.5 Å². The summed E-state index contributed by atoms with van der Waals surface area (Å²) in [5.74, 6) is 3.62. The number of nitrogens with one attached hydrogen (secondary N) is 1. The molecule has 0 aliphatic rings. The fourth-order valence-electron chi connectivity index (χ4n) is 1.30. The van der Waals surface area contributed by atoms with Crippen molar-refractivity contribution < 1.29 is 19.1 Å². The molecule has 1 rings (SSSR count). The molecule has 2 N–H and O–H groups in total. The minimum atomic E-state index is -1.05. The molecule has 0 spiro atoms. The fraction of sp³-hybridized carbons (Fsp3) is 0.231. The van der Waals surface area contributed by atoms with Crippen molar-refractivity contribution in [1.82, 2.24) is 5.32 Å². The second-order valence-corrected chi connectivity index (χ2v) is 3.58. The first-order valence-electron chi connectivity index (χ1n) is 5.22. The zero-order chi connectivity index (χ0) is 13.5. The molecular formula is C13H12FNO3. The first-order chi connectivity index (χ1) is 8.49. The molecule has 0 atom stereocenters. The van der Waals surface area contributed by atoms with Crippen LogP contribution in [0.5, 0.6) is 0 Å². The molecule has 0 aliphatic heterocycles. The summed E-state index contributed by atoms with van der Waals surface area (Å²) in [6, 6.07) is 3.79. The number of hydrogen-bond donors (Lipinski definition) is 2. The van der Waals surface area contributed by atoms with Crippen molar-refractivity contribution in [3.05, 3.63) is 35.1 Å². The van der Waals surface area contributed by atoms with Crippen molar-refractivity contribution in [1.29, 1.82) is 0 Å². The number of carboxylic acid groups (broad SMARTS) is 1. The fourth-order valence-corrected chi connectivity index (χ4v) is 1.30. The van der Waals surface area contributed by atoms with E-state index in [1.807, 2.05) is 0 Å². The minimum Gasteiger partial charge on any atom is -0.481 e. The van der Waals surface area contributed by atoms with Crippen molar-refractivity contribution in [2.75, 3.05) is 6.54 Å². The van der Waals surface area contributed by atoms with E-state index in [-0.39, 0.29) is 18.9 Å². The topological polar surface area (TPSA) is 66.4 Å². The van der Waals surface area contributed by atoms with E-state index in [4.69, 9.17) is 5.11 Å². The number of aliphatic carboxylic acids is 1. The molecule has 0 aliphatic carbocycles. The summed E-state index contributed by atoms with van der Waals surface area (Å²) >= 11 is 0. The molecule has 5 heteroatoms. The second-order valence-electron chi connectivity index (χ2n) is 3.58. The largest absolute Gasteiger partial charge is 0.481 e. The second kappa shape index (κ2) is 6.40. The Bertz CT molecular complexity index is 529. The van der Waals surface area contributed by atoms with Crippen molar-refractivity contribution >= 4 is 11.9 Å². The van der Waals surface area contributed by atoms with Gasteiger partial charge in [-0.05, 0) is 23.8 Å². The molecule has 0 saturated heterocycles. The highest BCUT2D eigenvalue weighted by Gasteiger charge is 2.06. The van der Waals surface area contributed by atoms with Crippen LogP contribution in [0.1, 0.15) is 18.1 Å². The van der Waals surface area contributed by atoms with Crippen LogP contribution in [0, 0.1) is 17.7 Å². The molecular weight excluding hydrogens is 237 g/mol. The maximum Gasteiger partial charge on any atom is 0.307 e. The molecule has 0 saturated carbocycles. The van der Waals surface area contributed by atoms with Crippen LogP contribution in [0.3, 0.4) is 0 Å². The first-order valence-corrected chi connectivity index (χ1v) is 5.22. The van der Waals surface area contributed by atoms with E-state index in [0.717, 1.165) is 6.07 Å². The average Bonchev–Trinajstić information content (AvgIpc) is 2.25. The number of rotatable bonds is 3. The van der Waals surface area contributed by atoms with Gasteiger partial charge in [-0.2, -0.15) is 0 Å². The highest BCUT2D eigenvalue weighted by molar-refractivity contribution is 5.73. The quantitative estimate of drug-likeness (QED) is 0.783. The van der Waals surface area contributed by atoms with Gasteiger partial charge in [-0.1, -0.05) is 11.8 Å². The predicted molar refractivity (Wildman–Crippen MR) is 63.3 cm³/mol. The Labute approximate surface area is 104 Å². The third kappa shape index (κ3) is 4.66. The first kappa shape index (κ1) is 13.7. The van der Waals surface area contributed by atoms with E-state index in [9.17, 15) is 14.0 Å². The molecule has 0 radical (unpaired) electrons. The lowest BCUT2D eigenvalue weighted by molar-refractivity contribution is -0.136. The smallest absolute Gasteiger partial charge is 0.307 e. The van der Waals surface area contributed by atoms with Gasteiger partial charge in [-0.3, -0.25) is 9.59 Å². The highest BCUT2D eigenvalue weighted by atomic mass is 19.1. The average molecular weight is 249 g/mol. The zero-order valence-electron chi connectivity index (χ0n) is 9.79. The number of benzene rings is 1. The molecule has 0 unspecified atom stereocenters. The highest BCUT2D eigenvalue weighted by Crippen LogP contribution is 2.11. The van der Waals surface area contributed by atoms with Crippen molar-refractivity contribution in [3.8, 4) is 11.8 Å². The Balaban J connectivity index is 2.86. The predicted octanol–water partition coefficient (Wildman–Crippen LogP) is 0.940. The van der Waals surface area contributed by atoms with Crippen LogP contribution >= 0.6 is 0 Å². The summed E-state index contributed by atoms with van der Waals surface area (Å²) in [6.45, 7) is 1.54. The summed E-state index contributed by atoms with van der Waals surface area (Å²) in [6.07, 6.45) is -0.290. The Morgan fingerprint density at radius 3 is 2.78 bits per heavy atom. The molecule has 1 amide bonds. The van der Waals surface area contributed by atoms with Gasteiger partial charge < -0.3 is 10.4 Å². The number of amides is 1. The summed E-state index contributed by atoms with van der Waals surface area (Å²) in [7, 11) is 0. The van der Waals surface area contributed by atoms with Crippen LogP contribution in [0.2, 0.25) is 0 Å². The monoisotopic (exact) mass is 249 g/mol. The zero-order valence-corrected chi connectivity index (χ0v) is 9.79. The van der Waals surface area contributed by atoms with Gasteiger partial charge in [0.15, 0.2) is 0 Å². The maximum atomic E-state index is 13.0. The Morgan fingerprint density at radius 2 is 2.17 bits per heavy atom. The SMILES string of the molecule is CC(=O)NCC#Cc1ccc(F)cc1CC(=O)O. The van der Waals surface area contributed by atoms with Gasteiger partial charge >= 0.3 is 5.97 Å². The lowest BCUT2D eigenvalue weighted by atomic mass is 10.0. The lowest BCUT2D eigenvalue weighted by Gasteiger charge is -2.01. The van der Waals surface area contributed by atoms with Crippen LogP contribution in [0.4, 0.5) is 4.39 Å². The summed E-state index contributed by atoms with van der Waals surface area (Å²) < 4.78 is 13.0. The molecule has 94 valence electrons. The number of hydrogen-bond acceptors (Lipinski definition) is 2. The third-order valence-corrected chi connectivity index (χ3v) is 2.06. The van der Waals surface area contributed by atoms with Gasteiger partial charge in [0.05, 0.1) is 13.0 Å². The van der Waals surface area contributed by atoms with Gasteiger partial charge in [0.2, 0.25) is 5.91 Å². The minimum absolute atomic E-state index is 0.166. The van der Waals surface area contributed by atoms with Gasteiger partial charge in [0.25, 0.3) is 0 Å². The van der Waals surface area contributed by atoms with E-state index in [2.05, 4.69) is 17.2 Å². The molecule has 0 bridgehead atoms.